The van der Waals surface area contributed by atoms with Gasteiger partial charge in [0, 0.05) is 43.3 Å². The maximum Gasteiger partial charge on any atom is 0.0445 e. The molecule has 1 N–H and O–H groups in total. The first kappa shape index (κ1) is 14.1. The van der Waals surface area contributed by atoms with Crippen molar-refractivity contribution < 1.29 is 0 Å². The van der Waals surface area contributed by atoms with E-state index in [1.165, 1.54) is 11.3 Å². The van der Waals surface area contributed by atoms with E-state index in [0.717, 1.165) is 26.1 Å². The van der Waals surface area contributed by atoms with Crippen LogP contribution < -0.4 is 10.2 Å². The van der Waals surface area contributed by atoms with E-state index in [2.05, 4.69) is 48.1 Å². The molecular formula is C16H25N3. The van der Waals surface area contributed by atoms with Crippen molar-refractivity contribution in [1.29, 1.82) is 0 Å². The van der Waals surface area contributed by atoms with Gasteiger partial charge in [-0.15, -0.1) is 0 Å². The third-order valence-electron chi connectivity index (χ3n) is 3.76. The van der Waals surface area contributed by atoms with Gasteiger partial charge in [-0.2, -0.15) is 0 Å². The number of aromatic nitrogens is 1. The summed E-state index contributed by atoms with van der Waals surface area (Å²) in [6.07, 6.45) is 7.41. The van der Waals surface area contributed by atoms with Crippen LogP contribution in [0.25, 0.3) is 0 Å². The van der Waals surface area contributed by atoms with Gasteiger partial charge in [0.25, 0.3) is 0 Å². The van der Waals surface area contributed by atoms with Crippen LogP contribution in [0.2, 0.25) is 0 Å². The third kappa shape index (κ3) is 3.35. The van der Waals surface area contributed by atoms with E-state index in [1.807, 2.05) is 19.4 Å². The minimum atomic E-state index is 0.304. The largest absolute Gasteiger partial charge is 0.367 e. The summed E-state index contributed by atoms with van der Waals surface area (Å²) in [5.41, 5.74) is 4.47. The Kier molecular flexibility index (Phi) is 4.25. The molecule has 104 valence electrons. The predicted octanol–water partition coefficient (Wildman–Crippen LogP) is 2.98. The summed E-state index contributed by atoms with van der Waals surface area (Å²) in [4.78, 5) is 6.68. The highest BCUT2D eigenvalue weighted by atomic mass is 15.1. The highest BCUT2D eigenvalue weighted by Crippen LogP contribution is 2.32. The van der Waals surface area contributed by atoms with Crippen molar-refractivity contribution in [3.8, 4) is 0 Å². The summed E-state index contributed by atoms with van der Waals surface area (Å²) in [6, 6.07) is 2.13. The normalized spacial score (nSPS) is 16.4. The third-order valence-corrected chi connectivity index (χ3v) is 3.76. The van der Waals surface area contributed by atoms with Crippen LogP contribution in [0, 0.1) is 5.41 Å². The molecule has 0 unspecified atom stereocenters. The Labute approximate surface area is 116 Å². The van der Waals surface area contributed by atoms with Crippen molar-refractivity contribution in [3.63, 3.8) is 0 Å². The Morgan fingerprint density at radius 2 is 2.16 bits per heavy atom. The first-order valence-corrected chi connectivity index (χ1v) is 7.04. The fourth-order valence-corrected chi connectivity index (χ4v) is 2.62. The molecule has 0 radical (unpaired) electrons. The van der Waals surface area contributed by atoms with E-state index in [1.54, 1.807) is 5.57 Å². The van der Waals surface area contributed by atoms with E-state index in [9.17, 15) is 0 Å². The zero-order chi connectivity index (χ0) is 13.9. The average molecular weight is 259 g/mol. The summed E-state index contributed by atoms with van der Waals surface area (Å²) in [6.45, 7) is 9.88. The molecule has 3 heteroatoms. The van der Waals surface area contributed by atoms with Crippen molar-refractivity contribution in [2.75, 3.05) is 25.0 Å². The van der Waals surface area contributed by atoms with Crippen LogP contribution >= 0.6 is 0 Å². The van der Waals surface area contributed by atoms with Gasteiger partial charge in [0.15, 0.2) is 0 Å². The number of pyridine rings is 1. The topological polar surface area (TPSA) is 28.2 Å². The molecule has 1 aromatic heterocycles. The minimum absolute atomic E-state index is 0.304. The van der Waals surface area contributed by atoms with Gasteiger partial charge in [0.05, 0.1) is 0 Å². The Balaban J connectivity index is 2.16. The average Bonchev–Trinajstić information content (AvgIpc) is 2.39. The second-order valence-corrected chi connectivity index (χ2v) is 6.21. The van der Waals surface area contributed by atoms with Crippen LogP contribution in [0.4, 0.5) is 5.69 Å². The Bertz CT molecular complexity index is 457. The van der Waals surface area contributed by atoms with Crippen LogP contribution in [0.1, 0.15) is 32.8 Å². The molecule has 19 heavy (non-hydrogen) atoms. The van der Waals surface area contributed by atoms with Crippen LogP contribution in [-0.2, 0) is 6.54 Å². The molecule has 1 aliphatic rings. The highest BCUT2D eigenvalue weighted by molar-refractivity contribution is 5.53. The van der Waals surface area contributed by atoms with Crippen molar-refractivity contribution >= 4 is 5.69 Å². The highest BCUT2D eigenvalue weighted by Gasteiger charge is 2.22. The molecule has 2 rings (SSSR count). The molecule has 0 bridgehead atoms. The zero-order valence-corrected chi connectivity index (χ0v) is 12.5. The molecule has 0 aliphatic carbocycles. The predicted molar refractivity (Wildman–Crippen MR) is 81.4 cm³/mol. The molecule has 0 saturated carbocycles. The maximum atomic E-state index is 4.23. The molecule has 3 nitrogen and oxygen atoms in total. The van der Waals surface area contributed by atoms with Gasteiger partial charge in [0.2, 0.25) is 0 Å². The Hall–Kier alpha value is -1.35. The van der Waals surface area contributed by atoms with Crippen molar-refractivity contribution in [1.82, 2.24) is 10.3 Å². The van der Waals surface area contributed by atoms with E-state index in [-0.39, 0.29) is 0 Å². The van der Waals surface area contributed by atoms with Gasteiger partial charge < -0.3 is 10.2 Å². The monoisotopic (exact) mass is 259 g/mol. The number of rotatable bonds is 3. The van der Waals surface area contributed by atoms with Gasteiger partial charge >= 0.3 is 0 Å². The smallest absolute Gasteiger partial charge is 0.0445 e. The van der Waals surface area contributed by atoms with E-state index in [0.29, 0.717) is 5.41 Å². The van der Waals surface area contributed by atoms with Crippen molar-refractivity contribution in [3.05, 3.63) is 35.7 Å². The summed E-state index contributed by atoms with van der Waals surface area (Å²) >= 11 is 0. The molecule has 1 aliphatic heterocycles. The van der Waals surface area contributed by atoms with Crippen LogP contribution in [0.15, 0.2) is 30.1 Å². The van der Waals surface area contributed by atoms with Gasteiger partial charge in [-0.3, -0.25) is 4.98 Å². The fraction of sp³-hybridized carbons (Fsp3) is 0.562. The van der Waals surface area contributed by atoms with Gasteiger partial charge in [-0.1, -0.05) is 32.4 Å². The Morgan fingerprint density at radius 1 is 1.37 bits per heavy atom. The van der Waals surface area contributed by atoms with Gasteiger partial charge in [-0.25, -0.2) is 0 Å². The lowest BCUT2D eigenvalue weighted by molar-refractivity contribution is 0.472. The SMILES string of the molecule is CNCc1cnccc1N1CC=C(C(C)(C)C)CC1. The minimum Gasteiger partial charge on any atom is -0.367 e. The molecule has 0 spiro atoms. The second-order valence-electron chi connectivity index (χ2n) is 6.21. The lowest BCUT2D eigenvalue weighted by Crippen LogP contribution is -2.32. The van der Waals surface area contributed by atoms with Crippen molar-refractivity contribution in [2.45, 2.75) is 33.7 Å². The number of anilines is 1. The number of hydrogen-bond donors (Lipinski definition) is 1. The molecule has 0 amide bonds. The van der Waals surface area contributed by atoms with Crippen molar-refractivity contribution in [2.24, 2.45) is 5.41 Å². The van der Waals surface area contributed by atoms with Gasteiger partial charge in [0.1, 0.15) is 0 Å². The molecule has 1 aromatic rings. The van der Waals surface area contributed by atoms with Crippen LogP contribution in [0.3, 0.4) is 0 Å². The quantitative estimate of drug-likeness (QED) is 0.846. The summed E-state index contributed by atoms with van der Waals surface area (Å²) in [7, 11) is 1.98. The molecule has 0 aromatic carbocycles. The molecule has 0 fully saturated rings. The maximum absolute atomic E-state index is 4.23. The molecule has 0 saturated heterocycles. The lowest BCUT2D eigenvalue weighted by Gasteiger charge is -2.34. The number of nitrogens with one attached hydrogen (secondary N) is 1. The van der Waals surface area contributed by atoms with Crippen LogP contribution in [-0.4, -0.2) is 25.1 Å². The molecule has 0 atom stereocenters. The van der Waals surface area contributed by atoms with E-state index < -0.39 is 0 Å². The van der Waals surface area contributed by atoms with E-state index >= 15 is 0 Å². The first-order valence-electron chi connectivity index (χ1n) is 7.04. The second kappa shape index (κ2) is 5.74. The standard InChI is InChI=1S/C16H25N3/c1-16(2,3)14-6-9-19(10-7-14)15-5-8-18-12-13(15)11-17-4/h5-6,8,12,17H,7,9-11H2,1-4H3. The summed E-state index contributed by atoms with van der Waals surface area (Å²) in [5, 5.41) is 3.21. The lowest BCUT2D eigenvalue weighted by atomic mass is 9.83. The van der Waals surface area contributed by atoms with E-state index in [4.69, 9.17) is 0 Å². The molecular weight excluding hydrogens is 234 g/mol. The number of nitrogens with zero attached hydrogens (tertiary/aromatic N) is 2. The first-order chi connectivity index (χ1) is 9.02. The van der Waals surface area contributed by atoms with Gasteiger partial charge in [-0.05, 0) is 24.9 Å². The fourth-order valence-electron chi connectivity index (χ4n) is 2.62. The number of hydrogen-bond acceptors (Lipinski definition) is 3. The molecule has 2 heterocycles. The van der Waals surface area contributed by atoms with Crippen LogP contribution in [0.5, 0.6) is 0 Å². The zero-order valence-electron chi connectivity index (χ0n) is 12.5. The summed E-state index contributed by atoms with van der Waals surface area (Å²) < 4.78 is 0. The Morgan fingerprint density at radius 3 is 2.74 bits per heavy atom. The summed E-state index contributed by atoms with van der Waals surface area (Å²) in [5.74, 6) is 0.